The van der Waals surface area contributed by atoms with Gasteiger partial charge in [-0.1, -0.05) is 30.3 Å². The van der Waals surface area contributed by atoms with E-state index in [-0.39, 0.29) is 11.9 Å². The van der Waals surface area contributed by atoms with E-state index in [0.29, 0.717) is 17.0 Å². The summed E-state index contributed by atoms with van der Waals surface area (Å²) in [7, 11) is 0. The van der Waals surface area contributed by atoms with Gasteiger partial charge < -0.3 is 9.47 Å². The second-order valence-corrected chi connectivity index (χ2v) is 5.12. The highest BCUT2D eigenvalue weighted by Gasteiger charge is 2.06. The van der Waals surface area contributed by atoms with Gasteiger partial charge in [-0.25, -0.2) is 0 Å². The Labute approximate surface area is 119 Å². The SMILES string of the molecule is CC(=O)OCSc1nsc(OCc2ccccc2)n1. The van der Waals surface area contributed by atoms with Gasteiger partial charge in [-0.15, -0.1) is 0 Å². The molecule has 0 saturated heterocycles. The standard InChI is InChI=1S/C12H12N2O3S2/c1-9(15)17-8-18-11-13-12(19-14-11)16-7-10-5-3-2-4-6-10/h2-6H,7-8H2,1H3. The van der Waals surface area contributed by atoms with Crippen molar-refractivity contribution in [3.05, 3.63) is 35.9 Å². The lowest BCUT2D eigenvalue weighted by molar-refractivity contribution is -0.138. The van der Waals surface area contributed by atoms with E-state index in [1.165, 1.54) is 30.2 Å². The molecule has 0 aliphatic heterocycles. The number of hydrogen-bond acceptors (Lipinski definition) is 7. The van der Waals surface area contributed by atoms with Gasteiger partial charge >= 0.3 is 5.97 Å². The monoisotopic (exact) mass is 296 g/mol. The summed E-state index contributed by atoms with van der Waals surface area (Å²) in [6.07, 6.45) is 0. The van der Waals surface area contributed by atoms with Crippen molar-refractivity contribution in [1.29, 1.82) is 0 Å². The van der Waals surface area contributed by atoms with Crippen molar-refractivity contribution in [3.8, 4) is 5.19 Å². The van der Waals surface area contributed by atoms with E-state index < -0.39 is 0 Å². The summed E-state index contributed by atoms with van der Waals surface area (Å²) in [6, 6.07) is 9.84. The van der Waals surface area contributed by atoms with Crippen molar-refractivity contribution in [3.63, 3.8) is 0 Å². The Balaban J connectivity index is 1.79. The highest BCUT2D eigenvalue weighted by atomic mass is 32.2. The van der Waals surface area contributed by atoms with Gasteiger partial charge in [-0.05, 0) is 17.3 Å². The summed E-state index contributed by atoms with van der Waals surface area (Å²) in [5.74, 6) is -0.104. The fraction of sp³-hybridized carbons (Fsp3) is 0.250. The van der Waals surface area contributed by atoms with Crippen molar-refractivity contribution in [2.75, 3.05) is 5.94 Å². The van der Waals surface area contributed by atoms with Gasteiger partial charge in [-0.2, -0.15) is 9.36 Å². The first-order chi connectivity index (χ1) is 9.24. The zero-order valence-electron chi connectivity index (χ0n) is 10.2. The number of nitrogens with zero attached hydrogens (tertiary/aromatic N) is 2. The second-order valence-electron chi connectivity index (χ2n) is 3.52. The number of hydrogen-bond donors (Lipinski definition) is 0. The van der Waals surface area contributed by atoms with Gasteiger partial charge in [0.15, 0.2) is 0 Å². The molecule has 0 spiro atoms. The number of carbonyl (C=O) groups is 1. The van der Waals surface area contributed by atoms with Crippen LogP contribution in [0.2, 0.25) is 0 Å². The van der Waals surface area contributed by atoms with Gasteiger partial charge in [0.2, 0.25) is 5.16 Å². The van der Waals surface area contributed by atoms with Gasteiger partial charge in [0, 0.05) is 18.5 Å². The molecule has 0 fully saturated rings. The number of aromatic nitrogens is 2. The lowest BCUT2D eigenvalue weighted by Crippen LogP contribution is -1.97. The van der Waals surface area contributed by atoms with Crippen LogP contribution in [0.5, 0.6) is 5.19 Å². The van der Waals surface area contributed by atoms with E-state index in [2.05, 4.69) is 9.36 Å². The summed E-state index contributed by atoms with van der Waals surface area (Å²) < 4.78 is 14.4. The number of thioether (sulfide) groups is 1. The van der Waals surface area contributed by atoms with Gasteiger partial charge in [0.25, 0.3) is 5.19 Å². The molecule has 0 unspecified atom stereocenters. The minimum Gasteiger partial charge on any atom is -0.464 e. The fourth-order valence-electron chi connectivity index (χ4n) is 1.20. The molecule has 7 heteroatoms. The van der Waals surface area contributed by atoms with Crippen LogP contribution < -0.4 is 4.74 Å². The summed E-state index contributed by atoms with van der Waals surface area (Å²) >= 11 is 2.44. The summed E-state index contributed by atoms with van der Waals surface area (Å²) in [6.45, 7) is 1.83. The molecule has 0 bridgehead atoms. The largest absolute Gasteiger partial charge is 0.464 e. The van der Waals surface area contributed by atoms with E-state index in [9.17, 15) is 4.79 Å². The van der Waals surface area contributed by atoms with E-state index >= 15 is 0 Å². The molecule has 1 aromatic carbocycles. The molecular weight excluding hydrogens is 284 g/mol. The molecule has 100 valence electrons. The van der Waals surface area contributed by atoms with Crippen LogP contribution in [0.25, 0.3) is 0 Å². The topological polar surface area (TPSA) is 61.3 Å². The van der Waals surface area contributed by atoms with Crippen molar-refractivity contribution >= 4 is 29.3 Å². The number of ether oxygens (including phenoxy) is 2. The third-order valence-corrected chi connectivity index (χ3v) is 3.47. The molecular formula is C12H12N2O3S2. The van der Waals surface area contributed by atoms with E-state index in [1.54, 1.807) is 0 Å². The van der Waals surface area contributed by atoms with Crippen LogP contribution in [0, 0.1) is 0 Å². The minimum absolute atomic E-state index is 0.212. The number of benzene rings is 1. The maximum Gasteiger partial charge on any atom is 0.303 e. The van der Waals surface area contributed by atoms with E-state index in [0.717, 1.165) is 5.56 Å². The number of esters is 1. The molecule has 2 aromatic rings. The van der Waals surface area contributed by atoms with Crippen molar-refractivity contribution < 1.29 is 14.3 Å². The fourth-order valence-corrected chi connectivity index (χ4v) is 2.49. The lowest BCUT2D eigenvalue weighted by atomic mass is 10.2. The van der Waals surface area contributed by atoms with Crippen LogP contribution >= 0.6 is 23.3 Å². The molecule has 0 atom stereocenters. The zero-order chi connectivity index (χ0) is 13.5. The average molecular weight is 296 g/mol. The van der Waals surface area contributed by atoms with Gasteiger partial charge in [0.1, 0.15) is 12.5 Å². The number of rotatable bonds is 6. The molecule has 19 heavy (non-hydrogen) atoms. The van der Waals surface area contributed by atoms with Gasteiger partial charge in [0.05, 0.1) is 0 Å². The van der Waals surface area contributed by atoms with Crippen LogP contribution in [-0.2, 0) is 16.1 Å². The first kappa shape index (κ1) is 13.8. The molecule has 0 aliphatic carbocycles. The Hall–Kier alpha value is -1.60. The second kappa shape index (κ2) is 7.10. The molecule has 0 radical (unpaired) electrons. The van der Waals surface area contributed by atoms with Crippen LogP contribution in [0.3, 0.4) is 0 Å². The predicted octanol–water partition coefficient (Wildman–Crippen LogP) is 2.73. The van der Waals surface area contributed by atoms with Crippen molar-refractivity contribution in [2.45, 2.75) is 18.7 Å². The number of carbonyl (C=O) groups excluding carboxylic acids is 1. The molecule has 0 N–H and O–H groups in total. The van der Waals surface area contributed by atoms with Crippen LogP contribution in [-0.4, -0.2) is 21.3 Å². The zero-order valence-corrected chi connectivity index (χ0v) is 11.9. The lowest BCUT2D eigenvalue weighted by Gasteiger charge is -2.00. The van der Waals surface area contributed by atoms with E-state index in [1.807, 2.05) is 30.3 Å². The molecule has 2 rings (SSSR count). The van der Waals surface area contributed by atoms with Crippen molar-refractivity contribution in [1.82, 2.24) is 9.36 Å². The normalized spacial score (nSPS) is 10.2. The third kappa shape index (κ3) is 4.88. The first-order valence-electron chi connectivity index (χ1n) is 5.50. The molecule has 0 aliphatic rings. The molecule has 0 amide bonds. The summed E-state index contributed by atoms with van der Waals surface area (Å²) in [5, 5.41) is 1.06. The molecule has 5 nitrogen and oxygen atoms in total. The van der Waals surface area contributed by atoms with Crippen LogP contribution in [0.4, 0.5) is 0 Å². The highest BCUT2D eigenvalue weighted by Crippen LogP contribution is 2.22. The average Bonchev–Trinajstić information content (AvgIpc) is 2.85. The Bertz CT molecular complexity index is 531. The van der Waals surface area contributed by atoms with Crippen LogP contribution in [0.15, 0.2) is 35.5 Å². The first-order valence-corrected chi connectivity index (χ1v) is 7.26. The summed E-state index contributed by atoms with van der Waals surface area (Å²) in [5.41, 5.74) is 1.08. The molecule has 0 saturated carbocycles. The maximum atomic E-state index is 10.6. The summed E-state index contributed by atoms with van der Waals surface area (Å²) in [4.78, 5) is 14.8. The van der Waals surface area contributed by atoms with Crippen LogP contribution in [0.1, 0.15) is 12.5 Å². The smallest absolute Gasteiger partial charge is 0.303 e. The Morgan fingerprint density at radius 1 is 1.37 bits per heavy atom. The Morgan fingerprint density at radius 2 is 2.16 bits per heavy atom. The predicted molar refractivity (Wildman–Crippen MR) is 73.2 cm³/mol. The quantitative estimate of drug-likeness (QED) is 0.464. The minimum atomic E-state index is -0.316. The van der Waals surface area contributed by atoms with Crippen molar-refractivity contribution in [2.24, 2.45) is 0 Å². The van der Waals surface area contributed by atoms with E-state index in [4.69, 9.17) is 9.47 Å². The highest BCUT2D eigenvalue weighted by molar-refractivity contribution is 7.99. The Kier molecular flexibility index (Phi) is 5.17. The molecule has 1 heterocycles. The maximum absolute atomic E-state index is 10.6. The molecule has 1 aromatic heterocycles. The Morgan fingerprint density at radius 3 is 2.89 bits per heavy atom. The van der Waals surface area contributed by atoms with Gasteiger partial charge in [-0.3, -0.25) is 4.79 Å². The third-order valence-electron chi connectivity index (χ3n) is 2.04.